The van der Waals surface area contributed by atoms with Crippen molar-refractivity contribution in [2.24, 2.45) is 10.9 Å². The first-order chi connectivity index (χ1) is 12.2. The Kier molecular flexibility index (Phi) is 9.29. The second-order valence-corrected chi connectivity index (χ2v) is 8.12. The van der Waals surface area contributed by atoms with E-state index in [1.165, 1.54) is 9.75 Å². The normalized spacial score (nSPS) is 17.5. The van der Waals surface area contributed by atoms with Crippen LogP contribution in [0.25, 0.3) is 0 Å². The lowest BCUT2D eigenvalue weighted by Crippen LogP contribution is -2.43. The molecule has 2 N–H and O–H groups in total. The third-order valence-electron chi connectivity index (χ3n) is 4.36. The van der Waals surface area contributed by atoms with Gasteiger partial charge in [0.15, 0.2) is 5.96 Å². The summed E-state index contributed by atoms with van der Waals surface area (Å²) in [6, 6.07) is 4.75. The van der Waals surface area contributed by atoms with E-state index < -0.39 is 0 Å². The minimum atomic E-state index is 0.356. The fourth-order valence-corrected chi connectivity index (χ4v) is 3.94. The van der Waals surface area contributed by atoms with Gasteiger partial charge in [0.2, 0.25) is 0 Å². The number of nitrogens with zero attached hydrogens (tertiary/aromatic N) is 1. The quantitative estimate of drug-likeness (QED) is 0.400. The summed E-state index contributed by atoms with van der Waals surface area (Å²) >= 11 is 1.86. The Bertz CT molecular complexity index is 513. The van der Waals surface area contributed by atoms with Crippen LogP contribution >= 0.6 is 11.3 Å². The molecule has 1 aromatic rings. The molecular weight excluding hydrogens is 334 g/mol. The van der Waals surface area contributed by atoms with Crippen molar-refractivity contribution in [3.63, 3.8) is 0 Å². The van der Waals surface area contributed by atoms with Crippen molar-refractivity contribution in [2.75, 3.05) is 40.0 Å². The molecule has 1 aliphatic heterocycles. The first kappa shape index (κ1) is 20.2. The molecule has 1 saturated heterocycles. The average molecular weight is 368 g/mol. The van der Waals surface area contributed by atoms with Crippen LogP contribution in [0.2, 0.25) is 0 Å². The maximum absolute atomic E-state index is 5.80. The minimum absolute atomic E-state index is 0.356. The molecule has 1 unspecified atom stereocenters. The molecule has 0 spiro atoms. The Morgan fingerprint density at radius 3 is 2.88 bits per heavy atom. The SMILES string of the molecule is CN=C(NCCCOCC1CCOCC1)NC(C)Cc1ccc(C)s1. The van der Waals surface area contributed by atoms with Crippen LogP contribution in [0.15, 0.2) is 17.1 Å². The van der Waals surface area contributed by atoms with E-state index in [2.05, 4.69) is 41.6 Å². The monoisotopic (exact) mass is 367 g/mol. The number of hydrogen-bond acceptors (Lipinski definition) is 4. The first-order valence-corrected chi connectivity index (χ1v) is 10.2. The molecule has 0 aromatic carbocycles. The van der Waals surface area contributed by atoms with E-state index in [-0.39, 0.29) is 0 Å². The number of nitrogens with one attached hydrogen (secondary N) is 2. The molecule has 1 aromatic heterocycles. The predicted octanol–water partition coefficient (Wildman–Crippen LogP) is 2.99. The average Bonchev–Trinajstić information content (AvgIpc) is 3.02. The molecule has 5 nitrogen and oxygen atoms in total. The van der Waals surface area contributed by atoms with E-state index in [1.807, 2.05) is 18.4 Å². The van der Waals surface area contributed by atoms with Crippen molar-refractivity contribution in [2.45, 2.75) is 45.6 Å². The Hall–Kier alpha value is -1.11. The van der Waals surface area contributed by atoms with Gasteiger partial charge in [-0.1, -0.05) is 0 Å². The lowest BCUT2D eigenvalue weighted by atomic mass is 10.0. The molecular formula is C19H33N3O2S. The molecule has 0 aliphatic carbocycles. The topological polar surface area (TPSA) is 54.9 Å². The highest BCUT2D eigenvalue weighted by atomic mass is 32.1. The van der Waals surface area contributed by atoms with Crippen LogP contribution in [0.1, 0.15) is 35.9 Å². The third kappa shape index (κ3) is 8.21. The molecule has 25 heavy (non-hydrogen) atoms. The minimum Gasteiger partial charge on any atom is -0.381 e. The maximum atomic E-state index is 5.80. The number of rotatable bonds is 9. The number of hydrogen-bond donors (Lipinski definition) is 2. The van der Waals surface area contributed by atoms with Gasteiger partial charge in [-0.05, 0) is 51.2 Å². The van der Waals surface area contributed by atoms with Gasteiger partial charge in [0, 0.05) is 62.2 Å². The highest BCUT2D eigenvalue weighted by Crippen LogP contribution is 2.16. The van der Waals surface area contributed by atoms with Gasteiger partial charge < -0.3 is 20.1 Å². The Labute approximate surface area is 156 Å². The van der Waals surface area contributed by atoms with Gasteiger partial charge in [0.1, 0.15) is 0 Å². The van der Waals surface area contributed by atoms with Crippen LogP contribution in [0, 0.1) is 12.8 Å². The lowest BCUT2D eigenvalue weighted by Gasteiger charge is -2.21. The largest absolute Gasteiger partial charge is 0.381 e. The molecule has 2 heterocycles. The Morgan fingerprint density at radius 2 is 2.20 bits per heavy atom. The van der Waals surface area contributed by atoms with Crippen LogP contribution in [0.4, 0.5) is 0 Å². The second kappa shape index (κ2) is 11.5. The van der Waals surface area contributed by atoms with Crippen molar-refractivity contribution in [3.05, 3.63) is 21.9 Å². The van der Waals surface area contributed by atoms with E-state index in [9.17, 15) is 0 Å². The third-order valence-corrected chi connectivity index (χ3v) is 5.39. The van der Waals surface area contributed by atoms with Crippen LogP contribution in [0.3, 0.4) is 0 Å². The van der Waals surface area contributed by atoms with Gasteiger partial charge in [0.05, 0.1) is 0 Å². The van der Waals surface area contributed by atoms with Crippen LogP contribution in [-0.4, -0.2) is 52.0 Å². The zero-order valence-corrected chi connectivity index (χ0v) is 16.7. The van der Waals surface area contributed by atoms with Crippen LogP contribution in [0.5, 0.6) is 0 Å². The Morgan fingerprint density at radius 1 is 1.40 bits per heavy atom. The lowest BCUT2D eigenvalue weighted by molar-refractivity contribution is 0.0203. The molecule has 2 rings (SSSR count). The number of aliphatic imine (C=N–C) groups is 1. The van der Waals surface area contributed by atoms with E-state index in [1.54, 1.807) is 0 Å². The van der Waals surface area contributed by atoms with E-state index in [4.69, 9.17) is 9.47 Å². The molecule has 0 amide bonds. The van der Waals surface area contributed by atoms with Crippen molar-refractivity contribution < 1.29 is 9.47 Å². The molecule has 1 fully saturated rings. The van der Waals surface area contributed by atoms with Gasteiger partial charge in [-0.15, -0.1) is 11.3 Å². The van der Waals surface area contributed by atoms with Crippen molar-refractivity contribution >= 4 is 17.3 Å². The summed E-state index contributed by atoms with van der Waals surface area (Å²) in [6.45, 7) is 8.66. The second-order valence-electron chi connectivity index (χ2n) is 6.75. The molecule has 0 saturated carbocycles. The molecule has 0 radical (unpaired) electrons. The summed E-state index contributed by atoms with van der Waals surface area (Å²) in [5, 5.41) is 6.83. The van der Waals surface area contributed by atoms with Crippen molar-refractivity contribution in [1.29, 1.82) is 0 Å². The standard InChI is InChI=1S/C19H33N3O2S/c1-15(13-18-6-5-16(2)25-18)22-19(20-3)21-9-4-10-24-14-17-7-11-23-12-8-17/h5-6,15,17H,4,7-14H2,1-3H3,(H2,20,21,22). The van der Waals surface area contributed by atoms with Crippen LogP contribution < -0.4 is 10.6 Å². The number of thiophene rings is 1. The summed E-state index contributed by atoms with van der Waals surface area (Å²) in [5.74, 6) is 1.54. The zero-order valence-electron chi connectivity index (χ0n) is 15.8. The first-order valence-electron chi connectivity index (χ1n) is 9.35. The summed E-state index contributed by atoms with van der Waals surface area (Å²) in [7, 11) is 1.82. The molecule has 0 bridgehead atoms. The highest BCUT2D eigenvalue weighted by molar-refractivity contribution is 7.11. The van der Waals surface area contributed by atoms with Crippen molar-refractivity contribution in [1.82, 2.24) is 10.6 Å². The smallest absolute Gasteiger partial charge is 0.191 e. The number of guanidine groups is 1. The van der Waals surface area contributed by atoms with Gasteiger partial charge in [-0.25, -0.2) is 0 Å². The zero-order chi connectivity index (χ0) is 17.9. The van der Waals surface area contributed by atoms with E-state index >= 15 is 0 Å². The fourth-order valence-electron chi connectivity index (χ4n) is 2.92. The summed E-state index contributed by atoms with van der Waals surface area (Å²) in [5.41, 5.74) is 0. The van der Waals surface area contributed by atoms with Crippen LogP contribution in [-0.2, 0) is 15.9 Å². The fraction of sp³-hybridized carbons (Fsp3) is 0.737. The Balaban J connectivity index is 1.53. The molecule has 1 aliphatic rings. The molecule has 1 atom stereocenters. The molecule has 6 heteroatoms. The van der Waals surface area contributed by atoms with Gasteiger partial charge >= 0.3 is 0 Å². The predicted molar refractivity (Wildman–Crippen MR) is 106 cm³/mol. The van der Waals surface area contributed by atoms with E-state index in [0.29, 0.717) is 12.0 Å². The van der Waals surface area contributed by atoms with E-state index in [0.717, 1.165) is 64.6 Å². The summed E-state index contributed by atoms with van der Waals surface area (Å²) in [4.78, 5) is 7.09. The molecule has 142 valence electrons. The number of ether oxygens (including phenoxy) is 2. The number of aryl methyl sites for hydroxylation is 1. The van der Waals surface area contributed by atoms with Gasteiger partial charge in [-0.3, -0.25) is 4.99 Å². The summed E-state index contributed by atoms with van der Waals surface area (Å²) in [6.07, 6.45) is 4.28. The summed E-state index contributed by atoms with van der Waals surface area (Å²) < 4.78 is 11.2. The van der Waals surface area contributed by atoms with Crippen molar-refractivity contribution in [3.8, 4) is 0 Å². The maximum Gasteiger partial charge on any atom is 0.191 e. The van der Waals surface area contributed by atoms with Gasteiger partial charge in [0.25, 0.3) is 0 Å². The highest BCUT2D eigenvalue weighted by Gasteiger charge is 2.13. The van der Waals surface area contributed by atoms with Gasteiger partial charge in [-0.2, -0.15) is 0 Å².